The minimum atomic E-state index is 0. The second-order valence-corrected chi connectivity index (χ2v) is 9.24. The molecule has 1 saturated heterocycles. The van der Waals surface area contributed by atoms with Crippen LogP contribution in [0.4, 0.5) is 5.95 Å². The number of piperazine rings is 1. The van der Waals surface area contributed by atoms with Crippen LogP contribution < -0.4 is 15.5 Å². The molecular weight excluding hydrogens is 517 g/mol. The number of nitrogens with one attached hydrogen (secondary N) is 2. The molecular formula is C23H40IN7O. The molecule has 2 heterocycles. The minimum absolute atomic E-state index is 0. The first kappa shape index (κ1) is 26.6. The Hall–Kier alpha value is -1.65. The zero-order valence-corrected chi connectivity index (χ0v) is 22.2. The molecule has 1 aliphatic heterocycles. The number of aromatic nitrogens is 2. The van der Waals surface area contributed by atoms with E-state index < -0.39 is 0 Å². The van der Waals surface area contributed by atoms with Crippen LogP contribution in [0.1, 0.15) is 52.9 Å². The van der Waals surface area contributed by atoms with Gasteiger partial charge in [0.25, 0.3) is 0 Å². The summed E-state index contributed by atoms with van der Waals surface area (Å²) in [5.41, 5.74) is 0.383. The molecule has 0 unspecified atom stereocenters. The molecule has 0 radical (unpaired) electrons. The summed E-state index contributed by atoms with van der Waals surface area (Å²) in [4.78, 5) is 30.2. The lowest BCUT2D eigenvalue weighted by molar-refractivity contribution is -0.131. The zero-order chi connectivity index (χ0) is 22.1. The second kappa shape index (κ2) is 13.2. The summed E-state index contributed by atoms with van der Waals surface area (Å²) in [6.07, 6.45) is 9.12. The third-order valence-corrected chi connectivity index (χ3v) is 6.27. The fourth-order valence-corrected chi connectivity index (χ4v) is 4.61. The van der Waals surface area contributed by atoms with Gasteiger partial charge in [-0.3, -0.25) is 9.79 Å². The minimum Gasteiger partial charge on any atom is -0.357 e. The van der Waals surface area contributed by atoms with Crippen molar-refractivity contribution in [3.05, 3.63) is 18.5 Å². The molecule has 180 valence electrons. The Morgan fingerprint density at radius 1 is 1.16 bits per heavy atom. The normalized spacial score (nSPS) is 18.1. The Bertz CT molecular complexity index is 716. The lowest BCUT2D eigenvalue weighted by atomic mass is 9.64. The van der Waals surface area contributed by atoms with Gasteiger partial charge in [0.2, 0.25) is 11.9 Å². The van der Waals surface area contributed by atoms with Crippen molar-refractivity contribution in [2.75, 3.05) is 50.7 Å². The van der Waals surface area contributed by atoms with E-state index in [0.29, 0.717) is 37.4 Å². The van der Waals surface area contributed by atoms with E-state index in [9.17, 15) is 4.79 Å². The predicted molar refractivity (Wildman–Crippen MR) is 141 cm³/mol. The first-order valence-corrected chi connectivity index (χ1v) is 11.8. The van der Waals surface area contributed by atoms with Crippen LogP contribution >= 0.6 is 24.0 Å². The van der Waals surface area contributed by atoms with Crippen LogP contribution in [0.3, 0.4) is 0 Å². The van der Waals surface area contributed by atoms with Gasteiger partial charge in [0.05, 0.1) is 0 Å². The monoisotopic (exact) mass is 557 g/mol. The van der Waals surface area contributed by atoms with Gasteiger partial charge in [-0.15, -0.1) is 24.0 Å². The molecule has 0 aromatic carbocycles. The molecule has 2 fully saturated rings. The maximum atomic E-state index is 12.7. The first-order chi connectivity index (χ1) is 15.0. The van der Waals surface area contributed by atoms with E-state index in [0.717, 1.165) is 38.1 Å². The van der Waals surface area contributed by atoms with E-state index in [1.807, 2.05) is 11.0 Å². The van der Waals surface area contributed by atoms with Gasteiger partial charge in [-0.1, -0.05) is 20.3 Å². The Kier molecular flexibility index (Phi) is 10.9. The fraction of sp³-hybridized carbons (Fsp3) is 0.739. The number of carbonyl (C=O) groups is 1. The summed E-state index contributed by atoms with van der Waals surface area (Å²) in [6, 6.07) is 1.82. The van der Waals surface area contributed by atoms with Crippen molar-refractivity contribution in [2.24, 2.45) is 16.3 Å². The van der Waals surface area contributed by atoms with Crippen LogP contribution in [0.25, 0.3) is 0 Å². The van der Waals surface area contributed by atoms with E-state index in [-0.39, 0.29) is 29.9 Å². The second-order valence-electron chi connectivity index (χ2n) is 9.24. The summed E-state index contributed by atoms with van der Waals surface area (Å²) >= 11 is 0. The van der Waals surface area contributed by atoms with Crippen molar-refractivity contribution in [3.63, 3.8) is 0 Å². The molecule has 1 aliphatic carbocycles. The molecule has 1 aromatic rings. The summed E-state index contributed by atoms with van der Waals surface area (Å²) in [6.45, 7) is 11.9. The SMILES string of the molecule is CCNC(=NCC1(CC(C)C)CCC1)NCCC(=O)N1CCN(c2ncccn2)CC1.I. The predicted octanol–water partition coefficient (Wildman–Crippen LogP) is 2.90. The number of nitrogens with zero attached hydrogens (tertiary/aromatic N) is 5. The number of aliphatic imine (C=N–C) groups is 1. The standard InChI is InChI=1S/C23H39N7O.HI/c1-4-24-21(28-18-23(8-5-9-23)17-19(2)3)25-12-7-20(31)29-13-15-30(16-14-29)22-26-10-6-11-27-22;/h6,10-11,19H,4-5,7-9,12-18H2,1-3H3,(H2,24,25,28);1H. The van der Waals surface area contributed by atoms with Gasteiger partial charge in [0.1, 0.15) is 0 Å². The highest BCUT2D eigenvalue weighted by Crippen LogP contribution is 2.46. The zero-order valence-electron chi connectivity index (χ0n) is 19.8. The van der Waals surface area contributed by atoms with E-state index in [4.69, 9.17) is 4.99 Å². The van der Waals surface area contributed by atoms with Crippen LogP contribution in [-0.2, 0) is 4.79 Å². The smallest absolute Gasteiger partial charge is 0.225 e. The Morgan fingerprint density at radius 2 is 1.84 bits per heavy atom. The third kappa shape index (κ3) is 7.74. The highest BCUT2D eigenvalue weighted by atomic mass is 127. The average molecular weight is 558 g/mol. The van der Waals surface area contributed by atoms with Crippen molar-refractivity contribution in [2.45, 2.75) is 52.9 Å². The summed E-state index contributed by atoms with van der Waals surface area (Å²) in [7, 11) is 0. The number of guanidine groups is 1. The summed E-state index contributed by atoms with van der Waals surface area (Å²) < 4.78 is 0. The topological polar surface area (TPSA) is 85.8 Å². The van der Waals surface area contributed by atoms with Gasteiger partial charge in [-0.05, 0) is 43.6 Å². The highest BCUT2D eigenvalue weighted by Gasteiger charge is 2.37. The fourth-order valence-electron chi connectivity index (χ4n) is 4.61. The van der Waals surface area contributed by atoms with E-state index >= 15 is 0 Å². The quantitative estimate of drug-likeness (QED) is 0.276. The molecule has 0 bridgehead atoms. The molecule has 8 nitrogen and oxygen atoms in total. The molecule has 3 rings (SSSR count). The maximum Gasteiger partial charge on any atom is 0.225 e. The third-order valence-electron chi connectivity index (χ3n) is 6.27. The van der Waals surface area contributed by atoms with E-state index in [1.54, 1.807) is 12.4 Å². The lowest BCUT2D eigenvalue weighted by Gasteiger charge is -2.42. The number of amides is 1. The van der Waals surface area contributed by atoms with Gasteiger partial charge in [0.15, 0.2) is 5.96 Å². The first-order valence-electron chi connectivity index (χ1n) is 11.8. The number of hydrogen-bond donors (Lipinski definition) is 2. The number of carbonyl (C=O) groups excluding carboxylic acids is 1. The van der Waals surface area contributed by atoms with Crippen LogP contribution in [0.15, 0.2) is 23.5 Å². The van der Waals surface area contributed by atoms with Crippen LogP contribution in [0, 0.1) is 11.3 Å². The van der Waals surface area contributed by atoms with Crippen LogP contribution in [0.5, 0.6) is 0 Å². The van der Waals surface area contributed by atoms with Crippen molar-refractivity contribution in [1.29, 1.82) is 0 Å². The molecule has 2 N–H and O–H groups in total. The number of anilines is 1. The summed E-state index contributed by atoms with van der Waals surface area (Å²) in [5.74, 6) is 2.46. The van der Waals surface area contributed by atoms with E-state index in [2.05, 4.69) is 46.3 Å². The lowest BCUT2D eigenvalue weighted by Crippen LogP contribution is -2.50. The molecule has 1 amide bonds. The molecule has 9 heteroatoms. The highest BCUT2D eigenvalue weighted by molar-refractivity contribution is 14.0. The average Bonchev–Trinajstić information content (AvgIpc) is 2.75. The summed E-state index contributed by atoms with van der Waals surface area (Å²) in [5, 5.41) is 6.69. The van der Waals surface area contributed by atoms with Gasteiger partial charge in [-0.25, -0.2) is 9.97 Å². The molecule has 1 aromatic heterocycles. The van der Waals surface area contributed by atoms with Crippen molar-refractivity contribution in [1.82, 2.24) is 25.5 Å². The van der Waals surface area contributed by atoms with E-state index in [1.165, 1.54) is 25.7 Å². The largest absolute Gasteiger partial charge is 0.357 e. The van der Waals surface area contributed by atoms with Gasteiger partial charge >= 0.3 is 0 Å². The van der Waals surface area contributed by atoms with Crippen LogP contribution in [-0.4, -0.2) is 72.5 Å². The molecule has 0 spiro atoms. The van der Waals surface area contributed by atoms with Crippen molar-refractivity contribution in [3.8, 4) is 0 Å². The molecule has 1 saturated carbocycles. The van der Waals surface area contributed by atoms with Gasteiger partial charge in [0, 0.05) is 64.6 Å². The Labute approximate surface area is 210 Å². The van der Waals surface area contributed by atoms with Crippen molar-refractivity contribution >= 4 is 41.8 Å². The Morgan fingerprint density at radius 3 is 2.41 bits per heavy atom. The maximum absolute atomic E-state index is 12.7. The van der Waals surface area contributed by atoms with Crippen molar-refractivity contribution < 1.29 is 4.79 Å². The Balaban J connectivity index is 0.00000363. The van der Waals surface area contributed by atoms with Gasteiger partial charge < -0.3 is 20.4 Å². The molecule has 0 atom stereocenters. The van der Waals surface area contributed by atoms with Crippen LogP contribution in [0.2, 0.25) is 0 Å². The number of hydrogen-bond acceptors (Lipinski definition) is 5. The molecule has 2 aliphatic rings. The van der Waals surface area contributed by atoms with Gasteiger partial charge in [-0.2, -0.15) is 0 Å². The number of rotatable bonds is 9. The molecule has 32 heavy (non-hydrogen) atoms. The number of halogens is 1.